The first-order valence-electron chi connectivity index (χ1n) is 10.2. The molecule has 0 aromatic rings. The van der Waals surface area contributed by atoms with Crippen molar-refractivity contribution in [2.24, 2.45) is 28.1 Å². The molecule has 0 aromatic carbocycles. The lowest BCUT2D eigenvalue weighted by Crippen LogP contribution is -2.66. The monoisotopic (exact) mass is 424 g/mol. The van der Waals surface area contributed by atoms with E-state index in [2.05, 4.69) is 0 Å². The zero-order valence-corrected chi connectivity index (χ0v) is 16.9. The number of carbonyl (C=O) groups excluding carboxylic acids is 3. The summed E-state index contributed by atoms with van der Waals surface area (Å²) in [5, 5.41) is 34.4. The highest BCUT2D eigenvalue weighted by molar-refractivity contribution is 5.93. The Hall–Kier alpha value is -1.75. The highest BCUT2D eigenvalue weighted by Crippen LogP contribution is 2.84. The molecule has 6 rings (SSSR count). The third-order valence-corrected chi connectivity index (χ3v) is 8.91. The summed E-state index contributed by atoms with van der Waals surface area (Å²) in [4.78, 5) is 38.2. The van der Waals surface area contributed by atoms with Crippen LogP contribution < -0.4 is 0 Å². The number of aliphatic hydroxyl groups is 3. The van der Waals surface area contributed by atoms with Crippen molar-refractivity contribution in [3.63, 3.8) is 0 Å². The Balaban J connectivity index is 1.71. The van der Waals surface area contributed by atoms with Gasteiger partial charge in [-0.1, -0.05) is 20.8 Å². The molecule has 10 nitrogen and oxygen atoms in total. The minimum Gasteiger partial charge on any atom is -0.459 e. The van der Waals surface area contributed by atoms with Gasteiger partial charge in [0, 0.05) is 12.3 Å². The highest BCUT2D eigenvalue weighted by atomic mass is 16.8. The van der Waals surface area contributed by atoms with Gasteiger partial charge in [0.25, 0.3) is 0 Å². The minimum atomic E-state index is -2.12. The number of ether oxygens (including phenoxy) is 4. The van der Waals surface area contributed by atoms with E-state index in [1.165, 1.54) is 6.92 Å². The summed E-state index contributed by atoms with van der Waals surface area (Å²) in [6.45, 7) is 6.97. The van der Waals surface area contributed by atoms with Crippen LogP contribution in [0.2, 0.25) is 0 Å². The molecule has 6 aliphatic rings. The summed E-state index contributed by atoms with van der Waals surface area (Å²) in [6, 6.07) is 0. The molecule has 0 aromatic heterocycles. The Kier molecular flexibility index (Phi) is 2.97. The van der Waals surface area contributed by atoms with Gasteiger partial charge in [0.05, 0.1) is 22.9 Å². The first-order chi connectivity index (χ1) is 13.8. The van der Waals surface area contributed by atoms with Gasteiger partial charge in [-0.3, -0.25) is 4.79 Å². The first kappa shape index (κ1) is 19.0. The molecule has 4 aliphatic heterocycles. The van der Waals surface area contributed by atoms with Gasteiger partial charge in [0.2, 0.25) is 11.9 Å². The summed E-state index contributed by atoms with van der Waals surface area (Å²) in [6.07, 6.45) is -6.73. The second-order valence-electron chi connectivity index (χ2n) is 10.7. The summed E-state index contributed by atoms with van der Waals surface area (Å²) < 4.78 is 22.6. The molecule has 30 heavy (non-hydrogen) atoms. The fourth-order valence-corrected chi connectivity index (χ4v) is 8.22. The maximum atomic E-state index is 13.4. The molecule has 10 heteroatoms. The third-order valence-electron chi connectivity index (χ3n) is 8.91. The van der Waals surface area contributed by atoms with E-state index in [9.17, 15) is 29.7 Å². The predicted octanol–water partition coefficient (Wildman–Crippen LogP) is -1.37. The number of hydrogen-bond acceptors (Lipinski definition) is 10. The molecule has 4 heterocycles. The summed E-state index contributed by atoms with van der Waals surface area (Å²) in [7, 11) is 0. The molecule has 2 saturated carbocycles. The van der Waals surface area contributed by atoms with Crippen LogP contribution in [0, 0.1) is 28.1 Å². The largest absolute Gasteiger partial charge is 0.459 e. The molecule has 11 atom stereocenters. The van der Waals surface area contributed by atoms with Gasteiger partial charge in [-0.2, -0.15) is 0 Å². The Morgan fingerprint density at radius 2 is 1.70 bits per heavy atom. The lowest BCUT2D eigenvalue weighted by atomic mass is 9.51. The van der Waals surface area contributed by atoms with Gasteiger partial charge in [-0.25, -0.2) is 9.59 Å². The van der Waals surface area contributed by atoms with Crippen LogP contribution in [0.1, 0.15) is 34.1 Å². The Bertz CT molecular complexity index is 925. The van der Waals surface area contributed by atoms with Gasteiger partial charge >= 0.3 is 17.9 Å². The van der Waals surface area contributed by atoms with Crippen molar-refractivity contribution in [3.05, 3.63) is 0 Å². The van der Waals surface area contributed by atoms with Crippen molar-refractivity contribution in [1.29, 1.82) is 0 Å². The number of esters is 3. The van der Waals surface area contributed by atoms with Crippen molar-refractivity contribution in [2.45, 2.75) is 76.0 Å². The molecule has 0 bridgehead atoms. The molecule has 0 unspecified atom stereocenters. The van der Waals surface area contributed by atoms with E-state index in [-0.39, 0.29) is 6.42 Å². The van der Waals surface area contributed by atoms with E-state index < -0.39 is 87.9 Å². The molecule has 6 fully saturated rings. The van der Waals surface area contributed by atoms with Crippen LogP contribution in [-0.4, -0.2) is 75.1 Å². The van der Waals surface area contributed by atoms with Crippen molar-refractivity contribution in [2.75, 3.05) is 0 Å². The standard InChI is InChI=1S/C20H24O10/c1-6-12(23)27-7-5-17-11-8(21)9(16(2,3)4)18(17)10(22)13(24)29-15(18)30-20(17,14(25)28-11)19(6,7)26/h6-11,15,21-22,26H,5H2,1-4H3/t6-,7+,8-,9+,10-,11-,15+,17-,18+,19-,20-/m1/s1. The lowest BCUT2D eigenvalue weighted by Gasteiger charge is -2.46. The van der Waals surface area contributed by atoms with Crippen LogP contribution >= 0.6 is 0 Å². The molecule has 0 amide bonds. The van der Waals surface area contributed by atoms with Crippen molar-refractivity contribution in [3.8, 4) is 0 Å². The van der Waals surface area contributed by atoms with E-state index >= 15 is 0 Å². The third kappa shape index (κ3) is 1.35. The van der Waals surface area contributed by atoms with E-state index in [0.29, 0.717) is 0 Å². The van der Waals surface area contributed by atoms with Crippen LogP contribution in [0.25, 0.3) is 0 Å². The van der Waals surface area contributed by atoms with Gasteiger partial charge in [0.15, 0.2) is 11.7 Å². The zero-order chi connectivity index (χ0) is 21.8. The fourth-order valence-electron chi connectivity index (χ4n) is 8.22. The van der Waals surface area contributed by atoms with Crippen molar-refractivity contribution < 1.29 is 48.7 Å². The number of hydrogen-bond donors (Lipinski definition) is 3. The van der Waals surface area contributed by atoms with E-state index in [1.54, 1.807) is 0 Å². The zero-order valence-electron chi connectivity index (χ0n) is 16.9. The number of fused-ring (bicyclic) bond motifs is 1. The van der Waals surface area contributed by atoms with Crippen LogP contribution in [0.4, 0.5) is 0 Å². The van der Waals surface area contributed by atoms with E-state index in [1.807, 2.05) is 20.8 Å². The minimum absolute atomic E-state index is 0.107. The number of carbonyl (C=O) groups is 3. The first-order valence-corrected chi connectivity index (χ1v) is 10.2. The molecular formula is C20H24O10. The van der Waals surface area contributed by atoms with E-state index in [0.717, 1.165) is 0 Å². The maximum Gasteiger partial charge on any atom is 0.342 e. The fraction of sp³-hybridized carbons (Fsp3) is 0.850. The van der Waals surface area contributed by atoms with Crippen LogP contribution in [0.3, 0.4) is 0 Å². The van der Waals surface area contributed by atoms with Crippen LogP contribution in [-0.2, 0) is 33.3 Å². The highest BCUT2D eigenvalue weighted by Gasteiger charge is 3.02. The van der Waals surface area contributed by atoms with Gasteiger partial charge < -0.3 is 34.3 Å². The molecule has 0 radical (unpaired) electrons. The molecule has 4 saturated heterocycles. The Labute approximate surface area is 171 Å². The molecule has 3 N–H and O–H groups in total. The number of aliphatic hydroxyl groups excluding tert-OH is 2. The van der Waals surface area contributed by atoms with Crippen LogP contribution in [0.15, 0.2) is 0 Å². The van der Waals surface area contributed by atoms with E-state index in [4.69, 9.17) is 18.9 Å². The van der Waals surface area contributed by atoms with Crippen molar-refractivity contribution >= 4 is 17.9 Å². The topological polar surface area (TPSA) is 149 Å². The van der Waals surface area contributed by atoms with Gasteiger partial charge in [0.1, 0.15) is 12.2 Å². The summed E-state index contributed by atoms with van der Waals surface area (Å²) in [5.41, 5.74) is -7.95. The normalized spacial score (nSPS) is 60.1. The molecule has 164 valence electrons. The van der Waals surface area contributed by atoms with Gasteiger partial charge in [-0.05, 0) is 12.3 Å². The van der Waals surface area contributed by atoms with Crippen molar-refractivity contribution in [1.82, 2.24) is 0 Å². The Morgan fingerprint density at radius 1 is 1.03 bits per heavy atom. The average Bonchev–Trinajstić information content (AvgIpc) is 3.32. The smallest absolute Gasteiger partial charge is 0.342 e. The summed E-state index contributed by atoms with van der Waals surface area (Å²) >= 11 is 0. The molecule has 2 spiro atoms. The second kappa shape index (κ2) is 4.69. The Morgan fingerprint density at radius 3 is 2.33 bits per heavy atom. The number of rotatable bonds is 0. The predicted molar refractivity (Wildman–Crippen MR) is 92.0 cm³/mol. The maximum absolute atomic E-state index is 13.4. The quantitative estimate of drug-likeness (QED) is 0.314. The van der Waals surface area contributed by atoms with Gasteiger partial charge in [-0.15, -0.1) is 0 Å². The molecule has 2 aliphatic carbocycles. The summed E-state index contributed by atoms with van der Waals surface area (Å²) in [5.74, 6) is -4.43. The lowest BCUT2D eigenvalue weighted by molar-refractivity contribution is -0.239. The molecular weight excluding hydrogens is 400 g/mol. The SMILES string of the molecule is C[C@@H]1C(=O)O[C@H]2C[C@]34[C@@H]5OC(=O)[C@]3(O[C@@H]3OC(=O)[C@@H](O)[C@@]34[C@H](C(C)(C)C)[C@H]5O)[C@]21O. The van der Waals surface area contributed by atoms with Crippen LogP contribution in [0.5, 0.6) is 0 Å². The average molecular weight is 424 g/mol. The second-order valence-corrected chi connectivity index (χ2v) is 10.7.